The molecule has 0 fully saturated rings. The number of carbonyl (C=O) groups is 1. The minimum atomic E-state index is -4.44. The zero-order chi connectivity index (χ0) is 16.5. The smallest absolute Gasteiger partial charge is 0.297 e. The summed E-state index contributed by atoms with van der Waals surface area (Å²) in [5.41, 5.74) is 6.42. The van der Waals surface area contributed by atoms with Gasteiger partial charge in [-0.1, -0.05) is 46.9 Å². The van der Waals surface area contributed by atoms with Crippen LogP contribution in [0.5, 0.6) is 0 Å². The number of nitrogens with one attached hydrogen (secondary N) is 1. The molecule has 1 amide bonds. The second-order valence-corrected chi connectivity index (χ2v) is 6.95. The molecule has 0 aromatic heterocycles. The van der Waals surface area contributed by atoms with E-state index in [2.05, 4.69) is 5.32 Å². The average molecular weight is 434 g/mol. The van der Waals surface area contributed by atoms with E-state index in [1.165, 1.54) is 6.07 Å². The Kier molecular flexibility index (Phi) is 4.93. The summed E-state index contributed by atoms with van der Waals surface area (Å²) in [6.07, 6.45) is 0. The van der Waals surface area contributed by atoms with Crippen molar-refractivity contribution in [2.75, 3.05) is 10.2 Å². The molecule has 0 saturated heterocycles. The number of hydrogen-bond acceptors (Lipinski definition) is 4. The van der Waals surface area contributed by atoms with Crippen molar-refractivity contribution in [1.82, 2.24) is 5.32 Å². The zero-order valence-corrected chi connectivity index (χ0v) is 14.7. The number of benzene rings is 2. The van der Waals surface area contributed by atoms with Gasteiger partial charge in [0.05, 0.1) is 16.2 Å². The molecule has 4 N–H and O–H groups in total. The second kappa shape index (κ2) is 6.39. The molecule has 8 heteroatoms. The lowest BCUT2D eigenvalue weighted by Crippen LogP contribution is -2.27. The summed E-state index contributed by atoms with van der Waals surface area (Å²) in [5, 5.41) is 3.77. The van der Waals surface area contributed by atoms with Gasteiger partial charge in [0, 0.05) is 5.39 Å². The Labute approximate surface area is 142 Å². The van der Waals surface area contributed by atoms with Crippen LogP contribution in [0.1, 0.15) is 18.5 Å². The fourth-order valence-electron chi connectivity index (χ4n) is 2.39. The molecule has 2 aromatic rings. The average Bonchev–Trinajstić information content (AvgIpc) is 2.44. The van der Waals surface area contributed by atoms with Crippen molar-refractivity contribution in [3.8, 4) is 0 Å². The molecular formula is C14H15IN2O4S. The standard InChI is InChI=1S/C14H15IN2O4S/c1-8(17-13(18)7-15)9-3-2-4-11-10(9)5-6-12(16)14(11)22(19,20)21/h2-6,8H,7,16H2,1H3,(H,17,18)(H,19,20,21). The Balaban J connectivity index is 2.67. The van der Waals surface area contributed by atoms with Crippen molar-refractivity contribution < 1.29 is 17.8 Å². The van der Waals surface area contributed by atoms with Crippen molar-refractivity contribution in [1.29, 1.82) is 0 Å². The highest BCUT2D eigenvalue weighted by Gasteiger charge is 2.20. The lowest BCUT2D eigenvalue weighted by atomic mass is 9.99. The van der Waals surface area contributed by atoms with Crippen molar-refractivity contribution in [3.05, 3.63) is 35.9 Å². The van der Waals surface area contributed by atoms with Gasteiger partial charge >= 0.3 is 0 Å². The van der Waals surface area contributed by atoms with Gasteiger partial charge in [-0.25, -0.2) is 0 Å². The van der Waals surface area contributed by atoms with Crippen LogP contribution in [0.25, 0.3) is 10.8 Å². The monoisotopic (exact) mass is 434 g/mol. The van der Waals surface area contributed by atoms with E-state index in [0.717, 1.165) is 5.56 Å². The Bertz CT molecular complexity index is 836. The summed E-state index contributed by atoms with van der Waals surface area (Å²) in [7, 11) is -4.44. The Hall–Kier alpha value is -1.39. The van der Waals surface area contributed by atoms with Crippen LogP contribution in [-0.2, 0) is 14.9 Å². The number of hydrogen-bond donors (Lipinski definition) is 3. The van der Waals surface area contributed by atoms with Crippen molar-refractivity contribution >= 4 is 55.1 Å². The fourth-order valence-corrected chi connectivity index (χ4v) is 3.44. The second-order valence-electron chi connectivity index (χ2n) is 4.82. The highest BCUT2D eigenvalue weighted by Crippen LogP contribution is 2.32. The minimum absolute atomic E-state index is 0.0175. The lowest BCUT2D eigenvalue weighted by Gasteiger charge is -2.17. The largest absolute Gasteiger partial charge is 0.398 e. The van der Waals surface area contributed by atoms with Crippen LogP contribution in [0.2, 0.25) is 0 Å². The highest BCUT2D eigenvalue weighted by atomic mass is 127. The van der Waals surface area contributed by atoms with Gasteiger partial charge < -0.3 is 11.1 Å². The third-order valence-corrected chi connectivity index (χ3v) is 4.96. The van der Waals surface area contributed by atoms with E-state index in [1.54, 1.807) is 24.3 Å². The quantitative estimate of drug-likeness (QED) is 0.296. The Morgan fingerprint density at radius 1 is 1.32 bits per heavy atom. The Morgan fingerprint density at radius 2 is 2.00 bits per heavy atom. The predicted molar refractivity (Wildman–Crippen MR) is 93.6 cm³/mol. The molecule has 0 saturated carbocycles. The molecule has 6 nitrogen and oxygen atoms in total. The SMILES string of the molecule is CC(NC(=O)CI)c1cccc2c(S(=O)(=O)O)c(N)ccc12. The molecule has 118 valence electrons. The molecule has 2 rings (SSSR count). The maximum absolute atomic E-state index is 11.6. The van der Waals surface area contributed by atoms with E-state index in [1.807, 2.05) is 29.5 Å². The van der Waals surface area contributed by atoms with Crippen LogP contribution in [-0.4, -0.2) is 23.3 Å². The zero-order valence-electron chi connectivity index (χ0n) is 11.7. The summed E-state index contributed by atoms with van der Waals surface area (Å²) in [6.45, 7) is 1.81. The predicted octanol–water partition coefficient (Wildman–Crippen LogP) is 2.28. The van der Waals surface area contributed by atoms with Crippen LogP contribution >= 0.6 is 22.6 Å². The number of anilines is 1. The van der Waals surface area contributed by atoms with Gasteiger partial charge in [-0.05, 0) is 23.9 Å². The Morgan fingerprint density at radius 3 is 2.59 bits per heavy atom. The third kappa shape index (κ3) is 3.33. The van der Waals surface area contributed by atoms with E-state index < -0.39 is 10.1 Å². The van der Waals surface area contributed by atoms with E-state index in [-0.39, 0.29) is 22.5 Å². The number of nitrogens with two attached hydrogens (primary N) is 1. The molecular weight excluding hydrogens is 419 g/mol. The molecule has 0 spiro atoms. The summed E-state index contributed by atoms with van der Waals surface area (Å²) >= 11 is 1.96. The lowest BCUT2D eigenvalue weighted by molar-refractivity contribution is -0.118. The molecule has 0 aliphatic heterocycles. The van der Waals surface area contributed by atoms with Gasteiger partial charge in [-0.2, -0.15) is 8.42 Å². The first-order valence-electron chi connectivity index (χ1n) is 6.39. The van der Waals surface area contributed by atoms with E-state index in [0.29, 0.717) is 15.2 Å². The number of alkyl halides is 1. The van der Waals surface area contributed by atoms with E-state index in [4.69, 9.17) is 5.73 Å². The molecule has 0 heterocycles. The van der Waals surface area contributed by atoms with Crippen LogP contribution in [0, 0.1) is 0 Å². The maximum atomic E-state index is 11.6. The molecule has 0 radical (unpaired) electrons. The van der Waals surface area contributed by atoms with Gasteiger partial charge in [-0.15, -0.1) is 0 Å². The molecule has 22 heavy (non-hydrogen) atoms. The van der Waals surface area contributed by atoms with Crippen molar-refractivity contribution in [2.45, 2.75) is 17.9 Å². The van der Waals surface area contributed by atoms with Gasteiger partial charge in [0.25, 0.3) is 10.1 Å². The van der Waals surface area contributed by atoms with Gasteiger partial charge in [0.2, 0.25) is 5.91 Å². The fraction of sp³-hybridized carbons (Fsp3) is 0.214. The number of amides is 1. The number of fused-ring (bicyclic) bond motifs is 1. The topological polar surface area (TPSA) is 109 Å². The third-order valence-electron chi connectivity index (χ3n) is 3.30. The maximum Gasteiger partial charge on any atom is 0.297 e. The van der Waals surface area contributed by atoms with Gasteiger partial charge in [0.1, 0.15) is 4.90 Å². The number of carbonyl (C=O) groups excluding carboxylic acids is 1. The highest BCUT2D eigenvalue weighted by molar-refractivity contribution is 14.1. The summed E-state index contributed by atoms with van der Waals surface area (Å²) in [6, 6.07) is 7.85. The molecule has 1 unspecified atom stereocenters. The number of rotatable bonds is 4. The first-order chi connectivity index (χ1) is 10.3. The first kappa shape index (κ1) is 17.0. The number of nitrogen functional groups attached to an aromatic ring is 1. The van der Waals surface area contributed by atoms with Crippen molar-refractivity contribution in [2.24, 2.45) is 0 Å². The normalized spacial score (nSPS) is 13.0. The van der Waals surface area contributed by atoms with Crippen LogP contribution in [0.3, 0.4) is 0 Å². The first-order valence-corrected chi connectivity index (χ1v) is 9.36. The molecule has 0 bridgehead atoms. The van der Waals surface area contributed by atoms with E-state index in [9.17, 15) is 17.8 Å². The molecule has 0 aliphatic rings. The van der Waals surface area contributed by atoms with Crippen LogP contribution in [0.15, 0.2) is 35.2 Å². The summed E-state index contributed by atoms with van der Waals surface area (Å²) in [4.78, 5) is 11.2. The summed E-state index contributed by atoms with van der Waals surface area (Å²) < 4.78 is 32.9. The molecule has 2 aromatic carbocycles. The molecule has 1 atom stereocenters. The van der Waals surface area contributed by atoms with Gasteiger partial charge in [0.15, 0.2) is 0 Å². The van der Waals surface area contributed by atoms with Crippen LogP contribution < -0.4 is 11.1 Å². The number of halogens is 1. The van der Waals surface area contributed by atoms with Crippen LogP contribution in [0.4, 0.5) is 5.69 Å². The summed E-state index contributed by atoms with van der Waals surface area (Å²) in [5.74, 6) is -0.115. The molecule has 0 aliphatic carbocycles. The van der Waals surface area contributed by atoms with Gasteiger partial charge in [-0.3, -0.25) is 9.35 Å². The van der Waals surface area contributed by atoms with E-state index >= 15 is 0 Å². The minimum Gasteiger partial charge on any atom is -0.398 e. The van der Waals surface area contributed by atoms with Crippen molar-refractivity contribution in [3.63, 3.8) is 0 Å².